The van der Waals surface area contributed by atoms with Gasteiger partial charge in [0.25, 0.3) is 11.5 Å². The van der Waals surface area contributed by atoms with Gasteiger partial charge >= 0.3 is 0 Å². The number of nitrogens with zero attached hydrogens (tertiary/aromatic N) is 4. The van der Waals surface area contributed by atoms with Gasteiger partial charge in [0, 0.05) is 49.7 Å². The Morgan fingerprint density at radius 2 is 2.00 bits per heavy atom. The summed E-state index contributed by atoms with van der Waals surface area (Å²) in [6, 6.07) is 3.72. The number of fused-ring (bicyclic) bond motifs is 1. The van der Waals surface area contributed by atoms with E-state index >= 15 is 0 Å². The highest BCUT2D eigenvalue weighted by Crippen LogP contribution is 2.27. The van der Waals surface area contributed by atoms with Crippen molar-refractivity contribution in [3.05, 3.63) is 62.8 Å². The van der Waals surface area contributed by atoms with Crippen molar-refractivity contribution in [2.45, 2.75) is 46.7 Å². The maximum Gasteiger partial charge on any atom is 0.253 e. The molecule has 10 nitrogen and oxygen atoms in total. The molecule has 0 aliphatic carbocycles. The third-order valence-corrected chi connectivity index (χ3v) is 7.54. The molecule has 0 fully saturated rings. The first kappa shape index (κ1) is 26.7. The molecule has 0 bridgehead atoms. The Bertz CT molecular complexity index is 1530. The summed E-state index contributed by atoms with van der Waals surface area (Å²) in [5.41, 5.74) is 4.69. The smallest absolute Gasteiger partial charge is 0.253 e. The van der Waals surface area contributed by atoms with Gasteiger partial charge in [-0.05, 0) is 57.4 Å². The molecule has 0 aromatic carbocycles. The van der Waals surface area contributed by atoms with Crippen molar-refractivity contribution >= 4 is 32.4 Å². The van der Waals surface area contributed by atoms with Crippen LogP contribution in [0, 0.1) is 13.8 Å². The molecule has 0 saturated heterocycles. The molecule has 37 heavy (non-hydrogen) atoms. The molecule has 198 valence electrons. The lowest BCUT2D eigenvalue weighted by molar-refractivity contribution is 0.0952. The number of aromatic amines is 1. The number of hydrogen-bond acceptors (Lipinski definition) is 7. The molecule has 0 unspecified atom stereocenters. The summed E-state index contributed by atoms with van der Waals surface area (Å²) in [6.07, 6.45) is 5.65. The quantitative estimate of drug-likeness (QED) is 0.461. The van der Waals surface area contributed by atoms with Crippen molar-refractivity contribution < 1.29 is 13.2 Å². The Morgan fingerprint density at radius 3 is 2.62 bits per heavy atom. The van der Waals surface area contributed by atoms with E-state index in [1.54, 1.807) is 16.9 Å². The van der Waals surface area contributed by atoms with Crippen LogP contribution in [-0.4, -0.2) is 70.6 Å². The van der Waals surface area contributed by atoms with Gasteiger partial charge in [0.05, 0.1) is 28.6 Å². The number of pyridine rings is 2. The standard InChI is InChI=1S/C26H34N6O4S/c1-16(2)32-24-22(15-28-32)20(25(33)27-14-21-17(3)12-18(4)29-26(21)34)13-23(30-24)19-6-8-31(9-7-19)10-11-37(5,35)36/h6,12-13,15-16H,7-11,14H2,1-5H3,(H,27,33)(H,29,34). The molecule has 4 rings (SSSR count). The molecule has 3 aromatic rings. The second kappa shape index (κ2) is 10.6. The summed E-state index contributed by atoms with van der Waals surface area (Å²) in [6.45, 7) is 9.61. The minimum atomic E-state index is -3.02. The zero-order valence-corrected chi connectivity index (χ0v) is 22.8. The first-order chi connectivity index (χ1) is 17.4. The molecule has 3 aromatic heterocycles. The minimum Gasteiger partial charge on any atom is -0.348 e. The van der Waals surface area contributed by atoms with E-state index in [0.29, 0.717) is 53.9 Å². The monoisotopic (exact) mass is 526 g/mol. The summed E-state index contributed by atoms with van der Waals surface area (Å²) >= 11 is 0. The Hall–Kier alpha value is -3.31. The van der Waals surface area contributed by atoms with Gasteiger partial charge in [-0.25, -0.2) is 18.1 Å². The van der Waals surface area contributed by atoms with Crippen molar-refractivity contribution in [1.82, 2.24) is 30.0 Å². The van der Waals surface area contributed by atoms with Gasteiger partial charge in [0.2, 0.25) is 0 Å². The molecule has 1 aliphatic rings. The predicted octanol–water partition coefficient (Wildman–Crippen LogP) is 2.38. The average Bonchev–Trinajstić information content (AvgIpc) is 3.25. The normalized spacial score (nSPS) is 14.8. The van der Waals surface area contributed by atoms with Gasteiger partial charge in [-0.1, -0.05) is 6.08 Å². The molecule has 0 radical (unpaired) electrons. The van der Waals surface area contributed by atoms with E-state index in [2.05, 4.69) is 20.3 Å². The van der Waals surface area contributed by atoms with E-state index in [4.69, 9.17) is 4.98 Å². The van der Waals surface area contributed by atoms with Crippen LogP contribution in [0.4, 0.5) is 0 Å². The fourth-order valence-electron chi connectivity index (χ4n) is 4.56. The van der Waals surface area contributed by atoms with Gasteiger partial charge in [-0.3, -0.25) is 14.5 Å². The number of amides is 1. The lowest BCUT2D eigenvalue weighted by atomic mass is 10.0. The van der Waals surface area contributed by atoms with Crippen LogP contribution in [0.5, 0.6) is 0 Å². The SMILES string of the molecule is Cc1cc(C)c(CNC(=O)c2cc(C3=CCN(CCS(C)(=O)=O)CC3)nc3c2cnn3C(C)C)c(=O)[nH]1. The van der Waals surface area contributed by atoms with Crippen molar-refractivity contribution in [2.75, 3.05) is 31.6 Å². The van der Waals surface area contributed by atoms with Crippen LogP contribution in [0.2, 0.25) is 0 Å². The summed E-state index contributed by atoms with van der Waals surface area (Å²) in [7, 11) is -3.02. The maximum atomic E-state index is 13.4. The summed E-state index contributed by atoms with van der Waals surface area (Å²) in [4.78, 5) is 35.6. The highest BCUT2D eigenvalue weighted by molar-refractivity contribution is 7.90. The highest BCUT2D eigenvalue weighted by Gasteiger charge is 2.22. The lowest BCUT2D eigenvalue weighted by Gasteiger charge is -2.26. The Labute approximate surface area is 216 Å². The first-order valence-corrected chi connectivity index (χ1v) is 14.4. The van der Waals surface area contributed by atoms with E-state index < -0.39 is 9.84 Å². The Balaban J connectivity index is 1.64. The number of aryl methyl sites for hydroxylation is 2. The van der Waals surface area contributed by atoms with Gasteiger partial charge in [-0.2, -0.15) is 5.10 Å². The van der Waals surface area contributed by atoms with Gasteiger partial charge in [0.15, 0.2) is 5.65 Å². The van der Waals surface area contributed by atoms with E-state index in [1.807, 2.05) is 39.8 Å². The maximum absolute atomic E-state index is 13.4. The third-order valence-electron chi connectivity index (χ3n) is 6.62. The van der Waals surface area contributed by atoms with Crippen LogP contribution in [0.25, 0.3) is 16.6 Å². The minimum absolute atomic E-state index is 0.0525. The predicted molar refractivity (Wildman–Crippen MR) is 144 cm³/mol. The molecule has 0 saturated carbocycles. The average molecular weight is 527 g/mol. The second-order valence-electron chi connectivity index (χ2n) is 10.0. The molecule has 0 spiro atoms. The topological polar surface area (TPSA) is 130 Å². The number of aromatic nitrogens is 4. The Morgan fingerprint density at radius 1 is 1.24 bits per heavy atom. The van der Waals surface area contributed by atoms with Crippen LogP contribution in [0.3, 0.4) is 0 Å². The molecule has 4 heterocycles. The second-order valence-corrected chi connectivity index (χ2v) is 12.3. The summed E-state index contributed by atoms with van der Waals surface area (Å²) in [5, 5.41) is 8.03. The van der Waals surface area contributed by atoms with E-state index in [9.17, 15) is 18.0 Å². The van der Waals surface area contributed by atoms with Crippen LogP contribution < -0.4 is 10.9 Å². The van der Waals surface area contributed by atoms with Crippen molar-refractivity contribution in [1.29, 1.82) is 0 Å². The van der Waals surface area contributed by atoms with Crippen molar-refractivity contribution in [3.8, 4) is 0 Å². The van der Waals surface area contributed by atoms with E-state index in [-0.39, 0.29) is 29.8 Å². The molecule has 2 N–H and O–H groups in total. The summed E-state index contributed by atoms with van der Waals surface area (Å²) in [5.74, 6) is -0.177. The largest absolute Gasteiger partial charge is 0.348 e. The third kappa shape index (κ3) is 6.16. The van der Waals surface area contributed by atoms with Crippen LogP contribution in [-0.2, 0) is 16.4 Å². The van der Waals surface area contributed by atoms with Crippen molar-refractivity contribution in [2.24, 2.45) is 0 Å². The number of carbonyl (C=O) groups excluding carboxylic acids is 1. The van der Waals surface area contributed by atoms with Gasteiger partial charge < -0.3 is 10.3 Å². The van der Waals surface area contributed by atoms with Gasteiger partial charge in [-0.15, -0.1) is 0 Å². The first-order valence-electron chi connectivity index (χ1n) is 12.4. The molecule has 0 atom stereocenters. The van der Waals surface area contributed by atoms with Crippen molar-refractivity contribution in [3.63, 3.8) is 0 Å². The number of sulfone groups is 1. The zero-order valence-electron chi connectivity index (χ0n) is 22.0. The number of carbonyl (C=O) groups is 1. The van der Waals surface area contributed by atoms with Gasteiger partial charge in [0.1, 0.15) is 9.84 Å². The molecular weight excluding hydrogens is 492 g/mol. The molecular formula is C26H34N6O4S. The fourth-order valence-corrected chi connectivity index (χ4v) is 5.15. The number of nitrogens with one attached hydrogen (secondary N) is 2. The van der Waals surface area contributed by atoms with E-state index in [1.165, 1.54) is 6.26 Å². The van der Waals surface area contributed by atoms with E-state index in [0.717, 1.165) is 16.8 Å². The molecule has 1 aliphatic heterocycles. The van der Waals surface area contributed by atoms with Crippen LogP contribution in [0.1, 0.15) is 59.2 Å². The Kier molecular flexibility index (Phi) is 7.65. The lowest BCUT2D eigenvalue weighted by Crippen LogP contribution is -2.33. The number of H-pyrrole nitrogens is 1. The fraction of sp³-hybridized carbons (Fsp3) is 0.462. The molecule has 1 amide bonds. The van der Waals surface area contributed by atoms with Crippen LogP contribution in [0.15, 0.2) is 29.2 Å². The highest BCUT2D eigenvalue weighted by atomic mass is 32.2. The zero-order chi connectivity index (χ0) is 26.9. The summed E-state index contributed by atoms with van der Waals surface area (Å²) < 4.78 is 24.8. The van der Waals surface area contributed by atoms with Crippen LogP contribution >= 0.6 is 0 Å². The number of hydrogen-bond donors (Lipinski definition) is 2. The molecule has 11 heteroatoms. The number of rotatable bonds is 8.